The van der Waals surface area contributed by atoms with E-state index in [-0.39, 0.29) is 12.7 Å². The van der Waals surface area contributed by atoms with Gasteiger partial charge in [-0.1, -0.05) is 12.1 Å². The number of rotatable bonds is 10. The molecule has 0 bridgehead atoms. The fraction of sp³-hybridized carbons (Fsp3) is 0.393. The van der Waals surface area contributed by atoms with Crippen molar-refractivity contribution in [3.63, 3.8) is 0 Å². The van der Waals surface area contributed by atoms with E-state index in [4.69, 9.17) is 24.2 Å². The van der Waals surface area contributed by atoms with Crippen LogP contribution in [-0.2, 0) is 17.9 Å². The number of nitrogens with zero attached hydrogens (tertiary/aromatic N) is 4. The highest BCUT2D eigenvalue weighted by Crippen LogP contribution is 2.36. The molecule has 200 valence electrons. The molecule has 3 heterocycles. The van der Waals surface area contributed by atoms with Crippen molar-refractivity contribution in [2.45, 2.75) is 40.0 Å². The highest BCUT2D eigenvalue weighted by atomic mass is 32.1. The van der Waals surface area contributed by atoms with Crippen LogP contribution < -0.4 is 14.8 Å². The number of aromatic nitrogens is 3. The van der Waals surface area contributed by atoms with E-state index in [1.54, 1.807) is 0 Å². The van der Waals surface area contributed by atoms with E-state index < -0.39 is 0 Å². The summed E-state index contributed by atoms with van der Waals surface area (Å²) < 4.78 is 17.5. The first-order chi connectivity index (χ1) is 18.5. The van der Waals surface area contributed by atoms with Crippen LogP contribution in [0.5, 0.6) is 11.5 Å². The first-order valence-corrected chi connectivity index (χ1v) is 13.8. The van der Waals surface area contributed by atoms with Crippen LogP contribution in [0.4, 0.5) is 11.5 Å². The quantitative estimate of drug-likeness (QED) is 0.290. The lowest BCUT2D eigenvalue weighted by Gasteiger charge is -2.26. The van der Waals surface area contributed by atoms with E-state index in [2.05, 4.69) is 15.2 Å². The topological polar surface area (TPSA) is 102 Å². The Hall–Kier alpha value is -3.31. The van der Waals surface area contributed by atoms with Crippen LogP contribution in [0.15, 0.2) is 41.8 Å². The molecule has 1 aliphatic heterocycles. The standard InChI is InChI=1S/C28H33N5O4S/c1-4-36-24-13-21-22(14-25(24)37-18(2)3)30-26(15-33-8-10-35-11-9-33)32-28(21)29-20-7-5-6-19(12-20)23-17-38-27(16-34)31-23/h5-7,12-14,17-18,34H,4,8-11,15-16H2,1-3H3,(H,29,30,32). The van der Waals surface area contributed by atoms with Crippen molar-refractivity contribution in [1.29, 1.82) is 0 Å². The molecule has 4 aromatic rings. The van der Waals surface area contributed by atoms with Crippen LogP contribution in [0.1, 0.15) is 31.6 Å². The predicted molar refractivity (Wildman–Crippen MR) is 149 cm³/mol. The lowest BCUT2D eigenvalue weighted by atomic mass is 10.1. The molecule has 1 saturated heterocycles. The van der Waals surface area contributed by atoms with Gasteiger partial charge in [-0.05, 0) is 39.0 Å². The Morgan fingerprint density at radius 2 is 1.95 bits per heavy atom. The molecule has 0 spiro atoms. The largest absolute Gasteiger partial charge is 0.490 e. The van der Waals surface area contributed by atoms with Gasteiger partial charge >= 0.3 is 0 Å². The number of anilines is 2. The van der Waals surface area contributed by atoms with Gasteiger partial charge in [0.15, 0.2) is 11.5 Å². The second-order valence-corrected chi connectivity index (χ2v) is 10.2. The van der Waals surface area contributed by atoms with Gasteiger partial charge in [0.25, 0.3) is 0 Å². The predicted octanol–water partition coefficient (Wildman–Crippen LogP) is 5.01. The Kier molecular flexibility index (Phi) is 8.33. The van der Waals surface area contributed by atoms with Crippen LogP contribution in [0.2, 0.25) is 0 Å². The summed E-state index contributed by atoms with van der Waals surface area (Å²) in [6, 6.07) is 11.9. The molecule has 0 saturated carbocycles. The fourth-order valence-corrected chi connectivity index (χ4v) is 5.00. The summed E-state index contributed by atoms with van der Waals surface area (Å²) in [5.41, 5.74) is 3.45. The summed E-state index contributed by atoms with van der Waals surface area (Å²) in [4.78, 5) is 16.7. The second kappa shape index (κ2) is 12.0. The Morgan fingerprint density at radius 1 is 1.11 bits per heavy atom. The Labute approximate surface area is 226 Å². The van der Waals surface area contributed by atoms with Gasteiger partial charge in [0.1, 0.15) is 16.6 Å². The summed E-state index contributed by atoms with van der Waals surface area (Å²) in [5, 5.41) is 16.4. The average molecular weight is 536 g/mol. The molecule has 2 N–H and O–H groups in total. The third kappa shape index (κ3) is 6.21. The zero-order chi connectivity index (χ0) is 26.5. The van der Waals surface area contributed by atoms with E-state index in [0.29, 0.717) is 48.7 Å². The molecule has 1 fully saturated rings. The van der Waals surface area contributed by atoms with E-state index in [9.17, 15) is 5.11 Å². The van der Waals surface area contributed by atoms with Crippen LogP contribution in [0.25, 0.3) is 22.2 Å². The molecule has 2 aromatic heterocycles. The van der Waals surface area contributed by atoms with Crippen molar-refractivity contribution in [2.24, 2.45) is 0 Å². The van der Waals surface area contributed by atoms with Gasteiger partial charge in [-0.25, -0.2) is 15.0 Å². The number of aliphatic hydroxyl groups excluding tert-OH is 1. The molecule has 0 unspecified atom stereocenters. The molecule has 10 heteroatoms. The lowest BCUT2D eigenvalue weighted by Crippen LogP contribution is -2.36. The van der Waals surface area contributed by atoms with Crippen molar-refractivity contribution in [2.75, 3.05) is 38.2 Å². The molecule has 0 aliphatic carbocycles. The maximum Gasteiger partial charge on any atom is 0.163 e. The minimum atomic E-state index is -0.0634. The molecule has 0 amide bonds. The van der Waals surface area contributed by atoms with Crippen LogP contribution in [-0.4, -0.2) is 64.0 Å². The molecule has 1 aliphatic rings. The summed E-state index contributed by atoms with van der Waals surface area (Å²) in [7, 11) is 0. The number of ether oxygens (including phenoxy) is 3. The van der Waals surface area contributed by atoms with Gasteiger partial charge < -0.3 is 24.6 Å². The van der Waals surface area contributed by atoms with Crippen LogP contribution >= 0.6 is 11.3 Å². The van der Waals surface area contributed by atoms with E-state index >= 15 is 0 Å². The van der Waals surface area contributed by atoms with Gasteiger partial charge in [0.05, 0.1) is 50.3 Å². The smallest absolute Gasteiger partial charge is 0.163 e. The molecule has 9 nitrogen and oxygen atoms in total. The molecule has 5 rings (SSSR count). The van der Waals surface area contributed by atoms with Crippen molar-refractivity contribution in [1.82, 2.24) is 19.9 Å². The second-order valence-electron chi connectivity index (χ2n) is 9.28. The van der Waals surface area contributed by atoms with Crippen LogP contribution in [0, 0.1) is 0 Å². The first kappa shape index (κ1) is 26.3. The molecule has 0 atom stereocenters. The van der Waals surface area contributed by atoms with Crippen molar-refractivity contribution < 1.29 is 19.3 Å². The summed E-state index contributed by atoms with van der Waals surface area (Å²) >= 11 is 1.44. The van der Waals surface area contributed by atoms with Crippen molar-refractivity contribution in [3.8, 4) is 22.8 Å². The van der Waals surface area contributed by atoms with Gasteiger partial charge in [0, 0.05) is 41.2 Å². The maximum absolute atomic E-state index is 9.41. The number of fused-ring (bicyclic) bond motifs is 1. The van der Waals surface area contributed by atoms with Gasteiger partial charge in [-0.15, -0.1) is 11.3 Å². The fourth-order valence-electron chi connectivity index (χ4n) is 4.33. The third-order valence-corrected chi connectivity index (χ3v) is 6.88. The zero-order valence-corrected chi connectivity index (χ0v) is 22.8. The third-order valence-electron chi connectivity index (χ3n) is 6.05. The number of thiazole rings is 1. The number of benzene rings is 2. The monoisotopic (exact) mass is 535 g/mol. The minimum Gasteiger partial charge on any atom is -0.490 e. The molecular formula is C28H33N5O4S. The molecule has 38 heavy (non-hydrogen) atoms. The number of hydrogen-bond acceptors (Lipinski definition) is 10. The van der Waals surface area contributed by atoms with E-state index in [1.165, 1.54) is 11.3 Å². The Balaban J connectivity index is 1.55. The van der Waals surface area contributed by atoms with Gasteiger partial charge in [0.2, 0.25) is 0 Å². The van der Waals surface area contributed by atoms with Crippen molar-refractivity contribution >= 4 is 33.7 Å². The molecule has 0 radical (unpaired) electrons. The lowest BCUT2D eigenvalue weighted by molar-refractivity contribution is 0.0331. The number of morpholine rings is 1. The first-order valence-electron chi connectivity index (χ1n) is 12.9. The Morgan fingerprint density at radius 3 is 2.68 bits per heavy atom. The average Bonchev–Trinajstić information content (AvgIpc) is 3.40. The van der Waals surface area contributed by atoms with Crippen molar-refractivity contribution in [3.05, 3.63) is 52.6 Å². The molecular weight excluding hydrogens is 502 g/mol. The summed E-state index contributed by atoms with van der Waals surface area (Å²) in [5.74, 6) is 2.75. The van der Waals surface area contributed by atoms with Gasteiger partial charge in [-0.2, -0.15) is 0 Å². The summed E-state index contributed by atoms with van der Waals surface area (Å²) in [6.45, 7) is 10.2. The van der Waals surface area contributed by atoms with Gasteiger partial charge in [-0.3, -0.25) is 4.90 Å². The Bertz CT molecular complexity index is 1390. The highest BCUT2D eigenvalue weighted by Gasteiger charge is 2.18. The number of hydrogen-bond donors (Lipinski definition) is 2. The number of aliphatic hydroxyl groups is 1. The SMILES string of the molecule is CCOc1cc2c(Nc3cccc(-c4csc(CO)n4)c3)nc(CN3CCOCC3)nc2cc1OC(C)C. The minimum absolute atomic E-state index is 0.00119. The summed E-state index contributed by atoms with van der Waals surface area (Å²) in [6.07, 6.45) is -0.00119. The number of nitrogens with one attached hydrogen (secondary N) is 1. The molecule has 2 aromatic carbocycles. The van der Waals surface area contributed by atoms with E-state index in [1.807, 2.05) is 62.5 Å². The van der Waals surface area contributed by atoms with Crippen LogP contribution in [0.3, 0.4) is 0 Å². The zero-order valence-electron chi connectivity index (χ0n) is 21.9. The maximum atomic E-state index is 9.41. The normalized spacial score (nSPS) is 14.2. The highest BCUT2D eigenvalue weighted by molar-refractivity contribution is 7.09. The van der Waals surface area contributed by atoms with E-state index in [0.717, 1.165) is 46.8 Å².